The first kappa shape index (κ1) is 14.7. The van der Waals surface area contributed by atoms with Crippen molar-refractivity contribution in [2.45, 2.75) is 52.2 Å². The van der Waals surface area contributed by atoms with Crippen LogP contribution in [-0.4, -0.2) is 17.7 Å². The molecule has 106 valence electrons. The Kier molecular flexibility index (Phi) is 5.12. The molecule has 0 atom stereocenters. The smallest absolute Gasteiger partial charge is 0.0702 e. The van der Waals surface area contributed by atoms with Gasteiger partial charge in [0.1, 0.15) is 0 Å². The van der Waals surface area contributed by atoms with Gasteiger partial charge in [-0.05, 0) is 37.0 Å². The molecule has 0 aromatic heterocycles. The Balaban J connectivity index is 2.30. The van der Waals surface area contributed by atoms with Crippen LogP contribution in [0.1, 0.15) is 45.1 Å². The fourth-order valence-corrected chi connectivity index (χ4v) is 3.21. The zero-order valence-corrected chi connectivity index (χ0v) is 12.7. The van der Waals surface area contributed by atoms with Gasteiger partial charge in [0.05, 0.1) is 6.61 Å². The van der Waals surface area contributed by atoms with E-state index >= 15 is 0 Å². The van der Waals surface area contributed by atoms with Gasteiger partial charge >= 0.3 is 0 Å². The molecular formula is C16H24ClNO. The van der Waals surface area contributed by atoms with Crippen molar-refractivity contribution in [3.63, 3.8) is 0 Å². The largest absolute Gasteiger partial charge is 0.392 e. The number of nitrogens with zero attached hydrogens (tertiary/aromatic N) is 1. The van der Waals surface area contributed by atoms with E-state index in [9.17, 15) is 5.11 Å². The van der Waals surface area contributed by atoms with Gasteiger partial charge in [-0.15, -0.1) is 0 Å². The maximum Gasteiger partial charge on any atom is 0.0702 e. The molecule has 0 amide bonds. The molecule has 0 aliphatic heterocycles. The number of anilines is 1. The SMILES string of the molecule is CC(C)CN(c1ccc(Cl)cc1CO)C1CCCC1. The molecule has 1 saturated carbocycles. The summed E-state index contributed by atoms with van der Waals surface area (Å²) < 4.78 is 0. The molecular weight excluding hydrogens is 258 g/mol. The van der Waals surface area contributed by atoms with Gasteiger partial charge in [0.25, 0.3) is 0 Å². The summed E-state index contributed by atoms with van der Waals surface area (Å²) in [6.45, 7) is 5.59. The molecule has 1 aliphatic rings. The first-order valence-corrected chi connectivity index (χ1v) is 7.65. The normalized spacial score (nSPS) is 16.3. The monoisotopic (exact) mass is 281 g/mol. The molecule has 19 heavy (non-hydrogen) atoms. The second-order valence-electron chi connectivity index (χ2n) is 5.92. The summed E-state index contributed by atoms with van der Waals surface area (Å²) >= 11 is 6.04. The Labute approximate surface area is 121 Å². The topological polar surface area (TPSA) is 23.5 Å². The predicted octanol–water partition coefficient (Wildman–Crippen LogP) is 4.24. The van der Waals surface area contributed by atoms with Crippen molar-refractivity contribution < 1.29 is 5.11 Å². The fourth-order valence-electron chi connectivity index (χ4n) is 3.01. The van der Waals surface area contributed by atoms with Gasteiger partial charge in [0, 0.05) is 28.9 Å². The van der Waals surface area contributed by atoms with E-state index in [-0.39, 0.29) is 6.61 Å². The molecule has 1 aromatic carbocycles. The van der Waals surface area contributed by atoms with Crippen LogP contribution in [0.25, 0.3) is 0 Å². The van der Waals surface area contributed by atoms with Crippen LogP contribution in [0.4, 0.5) is 5.69 Å². The van der Waals surface area contributed by atoms with Crippen LogP contribution < -0.4 is 4.90 Å². The molecule has 0 saturated heterocycles. The lowest BCUT2D eigenvalue weighted by Gasteiger charge is -2.34. The third kappa shape index (κ3) is 3.64. The van der Waals surface area contributed by atoms with Gasteiger partial charge in [-0.25, -0.2) is 0 Å². The third-order valence-electron chi connectivity index (χ3n) is 3.85. The highest BCUT2D eigenvalue weighted by Gasteiger charge is 2.25. The van der Waals surface area contributed by atoms with E-state index in [2.05, 4.69) is 24.8 Å². The Bertz CT molecular complexity index is 413. The van der Waals surface area contributed by atoms with E-state index in [1.54, 1.807) is 0 Å². The maximum absolute atomic E-state index is 9.58. The van der Waals surface area contributed by atoms with E-state index in [0.717, 1.165) is 17.8 Å². The van der Waals surface area contributed by atoms with Crippen molar-refractivity contribution in [3.8, 4) is 0 Å². The van der Waals surface area contributed by atoms with Crippen LogP contribution in [0.3, 0.4) is 0 Å². The summed E-state index contributed by atoms with van der Waals surface area (Å²) in [4.78, 5) is 2.49. The van der Waals surface area contributed by atoms with Gasteiger partial charge in [0.15, 0.2) is 0 Å². The average molecular weight is 282 g/mol. The lowest BCUT2D eigenvalue weighted by atomic mass is 10.1. The van der Waals surface area contributed by atoms with E-state index in [1.165, 1.54) is 25.7 Å². The number of hydrogen-bond acceptors (Lipinski definition) is 2. The van der Waals surface area contributed by atoms with Crippen molar-refractivity contribution in [2.75, 3.05) is 11.4 Å². The van der Waals surface area contributed by atoms with Crippen LogP contribution in [0.15, 0.2) is 18.2 Å². The molecule has 2 nitrogen and oxygen atoms in total. The van der Waals surface area contributed by atoms with Crippen LogP contribution in [0, 0.1) is 5.92 Å². The molecule has 0 radical (unpaired) electrons. The second-order valence-corrected chi connectivity index (χ2v) is 6.35. The molecule has 1 N–H and O–H groups in total. The minimum atomic E-state index is 0.0528. The van der Waals surface area contributed by atoms with Gasteiger partial charge in [-0.1, -0.05) is 38.3 Å². The van der Waals surface area contributed by atoms with Crippen LogP contribution in [-0.2, 0) is 6.61 Å². The summed E-state index contributed by atoms with van der Waals surface area (Å²) in [6, 6.07) is 6.50. The Hall–Kier alpha value is -0.730. The summed E-state index contributed by atoms with van der Waals surface area (Å²) in [5, 5.41) is 10.3. The highest BCUT2D eigenvalue weighted by Crippen LogP contribution is 2.32. The Morgan fingerprint density at radius 1 is 1.32 bits per heavy atom. The van der Waals surface area contributed by atoms with E-state index < -0.39 is 0 Å². The average Bonchev–Trinajstić information content (AvgIpc) is 2.89. The zero-order valence-electron chi connectivity index (χ0n) is 11.9. The first-order valence-electron chi connectivity index (χ1n) is 7.27. The van der Waals surface area contributed by atoms with Crippen LogP contribution >= 0.6 is 11.6 Å². The highest BCUT2D eigenvalue weighted by molar-refractivity contribution is 6.30. The Morgan fingerprint density at radius 2 is 2.00 bits per heavy atom. The number of benzene rings is 1. The molecule has 2 rings (SSSR count). The van der Waals surface area contributed by atoms with E-state index in [0.29, 0.717) is 17.0 Å². The summed E-state index contributed by atoms with van der Waals surface area (Å²) in [6.07, 6.45) is 5.17. The molecule has 0 unspecified atom stereocenters. The maximum atomic E-state index is 9.58. The minimum Gasteiger partial charge on any atom is -0.392 e. The summed E-state index contributed by atoms with van der Waals surface area (Å²) in [5.74, 6) is 0.614. The fraction of sp³-hybridized carbons (Fsp3) is 0.625. The van der Waals surface area contributed by atoms with Crippen LogP contribution in [0.5, 0.6) is 0 Å². The molecule has 0 bridgehead atoms. The number of aliphatic hydroxyl groups excluding tert-OH is 1. The second kappa shape index (κ2) is 6.62. The summed E-state index contributed by atoms with van der Waals surface area (Å²) in [5.41, 5.74) is 2.10. The third-order valence-corrected chi connectivity index (χ3v) is 4.08. The van der Waals surface area contributed by atoms with Gasteiger partial charge in [-0.3, -0.25) is 0 Å². The van der Waals surface area contributed by atoms with Gasteiger partial charge in [0.2, 0.25) is 0 Å². The zero-order chi connectivity index (χ0) is 13.8. The van der Waals surface area contributed by atoms with Gasteiger partial charge < -0.3 is 10.0 Å². The molecule has 0 spiro atoms. The van der Waals surface area contributed by atoms with Crippen molar-refractivity contribution >= 4 is 17.3 Å². The van der Waals surface area contributed by atoms with Gasteiger partial charge in [-0.2, -0.15) is 0 Å². The molecule has 1 fully saturated rings. The predicted molar refractivity (Wildman–Crippen MR) is 81.8 cm³/mol. The van der Waals surface area contributed by atoms with Crippen molar-refractivity contribution in [2.24, 2.45) is 5.92 Å². The van der Waals surface area contributed by atoms with Crippen molar-refractivity contribution in [3.05, 3.63) is 28.8 Å². The molecule has 3 heteroatoms. The first-order chi connectivity index (χ1) is 9.11. The Morgan fingerprint density at radius 3 is 2.58 bits per heavy atom. The highest BCUT2D eigenvalue weighted by atomic mass is 35.5. The molecule has 1 aromatic rings. The number of aliphatic hydroxyl groups is 1. The molecule has 0 heterocycles. The standard InChI is InChI=1S/C16H24ClNO/c1-12(2)10-18(15-5-3-4-6-15)16-8-7-14(17)9-13(16)11-19/h7-9,12,15,19H,3-6,10-11H2,1-2H3. The van der Waals surface area contributed by atoms with E-state index in [4.69, 9.17) is 11.6 Å². The molecule has 1 aliphatic carbocycles. The number of hydrogen-bond donors (Lipinski definition) is 1. The number of rotatable bonds is 5. The quantitative estimate of drug-likeness (QED) is 0.873. The lowest BCUT2D eigenvalue weighted by molar-refractivity contribution is 0.281. The number of halogens is 1. The van der Waals surface area contributed by atoms with Crippen molar-refractivity contribution in [1.82, 2.24) is 0 Å². The van der Waals surface area contributed by atoms with E-state index in [1.807, 2.05) is 12.1 Å². The van der Waals surface area contributed by atoms with Crippen molar-refractivity contribution in [1.29, 1.82) is 0 Å². The lowest BCUT2D eigenvalue weighted by Crippen LogP contribution is -2.37. The minimum absolute atomic E-state index is 0.0528. The van der Waals surface area contributed by atoms with Crippen LogP contribution in [0.2, 0.25) is 5.02 Å². The summed E-state index contributed by atoms with van der Waals surface area (Å²) in [7, 11) is 0.